The Morgan fingerprint density at radius 3 is 2.81 bits per heavy atom. The molecule has 134 valence electrons. The van der Waals surface area contributed by atoms with E-state index < -0.39 is 0 Å². The van der Waals surface area contributed by atoms with Crippen LogP contribution in [-0.2, 0) is 13.0 Å². The van der Waals surface area contributed by atoms with Gasteiger partial charge in [-0.3, -0.25) is 4.79 Å². The Morgan fingerprint density at radius 1 is 1.35 bits per heavy atom. The van der Waals surface area contributed by atoms with Crippen molar-refractivity contribution in [3.05, 3.63) is 50.4 Å². The van der Waals surface area contributed by atoms with Gasteiger partial charge in [0.05, 0.1) is 40.7 Å². The van der Waals surface area contributed by atoms with E-state index in [4.69, 9.17) is 33.9 Å². The van der Waals surface area contributed by atoms with Crippen molar-refractivity contribution in [2.24, 2.45) is 0 Å². The summed E-state index contributed by atoms with van der Waals surface area (Å²) in [5, 5.41) is 4.36. The summed E-state index contributed by atoms with van der Waals surface area (Å²) in [6.07, 6.45) is 0.936. The molecule has 0 saturated carbocycles. The number of carbonyl (C=O) groups is 1. The third-order valence-corrected chi connectivity index (χ3v) is 6.32. The Hall–Kier alpha value is -1.86. The number of likely N-dealkylation sites (N-methyl/N-ethyl adjacent to an activating group) is 1. The van der Waals surface area contributed by atoms with E-state index in [0.717, 1.165) is 35.4 Å². The van der Waals surface area contributed by atoms with Crippen LogP contribution in [0.5, 0.6) is 0 Å². The smallest absolute Gasteiger partial charge is 0.268 e. The normalized spacial score (nSPS) is 16.5. The number of quaternary nitrogens is 1. The van der Waals surface area contributed by atoms with Crippen LogP contribution in [-0.4, -0.2) is 24.5 Å². The van der Waals surface area contributed by atoms with Crippen molar-refractivity contribution in [1.29, 1.82) is 0 Å². The van der Waals surface area contributed by atoms with Crippen LogP contribution >= 0.6 is 34.5 Å². The number of amides is 1. The number of anilines is 2. The molecule has 26 heavy (non-hydrogen) atoms. The van der Waals surface area contributed by atoms with Crippen LogP contribution in [0.1, 0.15) is 20.9 Å². The summed E-state index contributed by atoms with van der Waals surface area (Å²) in [6, 6.07) is 7.14. The summed E-state index contributed by atoms with van der Waals surface area (Å²) in [5.41, 5.74) is 9.41. The monoisotopic (exact) mass is 407 g/mol. The average Bonchev–Trinajstić information content (AvgIpc) is 2.92. The zero-order valence-corrected chi connectivity index (χ0v) is 16.4. The molecule has 0 bridgehead atoms. The van der Waals surface area contributed by atoms with Crippen molar-refractivity contribution in [2.75, 3.05) is 24.6 Å². The largest absolute Gasteiger partial charge is 0.397 e. The molecule has 0 fully saturated rings. The van der Waals surface area contributed by atoms with E-state index in [1.165, 1.54) is 21.8 Å². The Balaban J connectivity index is 1.73. The molecule has 0 saturated heterocycles. The van der Waals surface area contributed by atoms with Crippen molar-refractivity contribution >= 4 is 62.0 Å². The molecule has 4 rings (SSSR count). The predicted molar refractivity (Wildman–Crippen MR) is 108 cm³/mol. The zero-order valence-electron chi connectivity index (χ0n) is 14.0. The fourth-order valence-electron chi connectivity index (χ4n) is 3.19. The second kappa shape index (κ2) is 6.70. The number of rotatable bonds is 2. The van der Waals surface area contributed by atoms with Crippen molar-refractivity contribution in [3.63, 3.8) is 0 Å². The van der Waals surface area contributed by atoms with Crippen LogP contribution in [0.15, 0.2) is 24.3 Å². The number of nitrogens with zero attached hydrogens (tertiary/aromatic N) is 1. The summed E-state index contributed by atoms with van der Waals surface area (Å²) in [7, 11) is 2.16. The Labute approximate surface area is 164 Å². The van der Waals surface area contributed by atoms with E-state index in [1.54, 1.807) is 18.2 Å². The summed E-state index contributed by atoms with van der Waals surface area (Å²) in [5.74, 6) is -0.332. The second-order valence-corrected chi connectivity index (χ2v) is 8.29. The van der Waals surface area contributed by atoms with E-state index in [1.807, 2.05) is 0 Å². The van der Waals surface area contributed by atoms with Gasteiger partial charge in [0.15, 0.2) is 0 Å². The SMILES string of the molecule is C[NH+]1CCc2nc3sc(C(=O)Nc4c(Cl)cccc4Cl)c(N)c3cc2C1. The lowest BCUT2D eigenvalue weighted by atomic mass is 10.0. The number of fused-ring (bicyclic) bond motifs is 2. The molecule has 1 aliphatic rings. The van der Waals surface area contributed by atoms with Gasteiger partial charge in [-0.25, -0.2) is 4.98 Å². The fourth-order valence-corrected chi connectivity index (χ4v) is 4.67. The first-order valence-electron chi connectivity index (χ1n) is 8.21. The molecule has 8 heteroatoms. The fraction of sp³-hybridized carbons (Fsp3) is 0.222. The molecule has 1 amide bonds. The van der Waals surface area contributed by atoms with Crippen LogP contribution < -0.4 is 16.0 Å². The molecule has 3 aromatic rings. The van der Waals surface area contributed by atoms with Crippen molar-refractivity contribution in [3.8, 4) is 0 Å². The van der Waals surface area contributed by atoms with E-state index in [0.29, 0.717) is 26.3 Å². The number of para-hydroxylation sites is 1. The van der Waals surface area contributed by atoms with Gasteiger partial charge in [0.1, 0.15) is 16.3 Å². The highest BCUT2D eigenvalue weighted by molar-refractivity contribution is 7.21. The van der Waals surface area contributed by atoms with Crippen LogP contribution in [0.2, 0.25) is 10.0 Å². The Morgan fingerprint density at radius 2 is 2.08 bits per heavy atom. The van der Waals surface area contributed by atoms with Gasteiger partial charge in [0.2, 0.25) is 0 Å². The number of benzene rings is 1. The van der Waals surface area contributed by atoms with Crippen molar-refractivity contribution in [2.45, 2.75) is 13.0 Å². The minimum atomic E-state index is -0.332. The standard InChI is InChI=1S/C18H16Cl2N4OS/c1-24-6-5-13-9(8-24)7-10-14(21)16(26-18(10)22-13)17(25)23-15-11(19)3-2-4-12(15)20/h2-4,7H,5-6,8,21H2,1H3,(H,23,25)/p+1. The molecule has 0 radical (unpaired) electrons. The summed E-state index contributed by atoms with van der Waals surface area (Å²) < 4.78 is 0. The van der Waals surface area contributed by atoms with Gasteiger partial charge in [-0.2, -0.15) is 0 Å². The zero-order chi connectivity index (χ0) is 18.4. The number of nitrogens with one attached hydrogen (secondary N) is 2. The maximum atomic E-state index is 12.8. The van der Waals surface area contributed by atoms with Gasteiger partial charge in [-0.15, -0.1) is 11.3 Å². The average molecular weight is 408 g/mol. The van der Waals surface area contributed by atoms with Crippen LogP contribution in [0.25, 0.3) is 10.2 Å². The molecule has 1 aliphatic heterocycles. The van der Waals surface area contributed by atoms with Gasteiger partial charge in [0.25, 0.3) is 5.91 Å². The number of hydrogen-bond donors (Lipinski definition) is 3. The van der Waals surface area contributed by atoms with Crippen molar-refractivity contribution < 1.29 is 9.69 Å². The van der Waals surface area contributed by atoms with Crippen LogP contribution in [0.3, 0.4) is 0 Å². The number of aromatic nitrogens is 1. The predicted octanol–water partition coefficient (Wildman–Crippen LogP) is 3.01. The third kappa shape index (κ3) is 3.03. The quantitative estimate of drug-likeness (QED) is 0.611. The topological polar surface area (TPSA) is 72.5 Å². The molecule has 3 heterocycles. The van der Waals surface area contributed by atoms with Crippen LogP contribution in [0.4, 0.5) is 11.4 Å². The summed E-state index contributed by atoms with van der Waals surface area (Å²) >= 11 is 13.6. The molecule has 2 aromatic heterocycles. The lowest BCUT2D eigenvalue weighted by Crippen LogP contribution is -3.08. The number of hydrogen-bond acceptors (Lipinski definition) is 4. The Bertz CT molecular complexity index is 1010. The Kier molecular flexibility index (Phi) is 4.52. The van der Waals surface area contributed by atoms with Gasteiger partial charge in [0, 0.05) is 17.4 Å². The summed E-state index contributed by atoms with van der Waals surface area (Å²) in [4.78, 5) is 20.2. The van der Waals surface area contributed by atoms with Gasteiger partial charge >= 0.3 is 0 Å². The molecule has 1 atom stereocenters. The number of thiophene rings is 1. The molecule has 1 aromatic carbocycles. The minimum absolute atomic E-state index is 0.332. The number of halogens is 2. The van der Waals surface area contributed by atoms with E-state index in [9.17, 15) is 4.79 Å². The van der Waals surface area contributed by atoms with Crippen molar-refractivity contribution in [1.82, 2.24) is 4.98 Å². The molecule has 0 aliphatic carbocycles. The second-order valence-electron chi connectivity index (χ2n) is 6.48. The lowest BCUT2D eigenvalue weighted by molar-refractivity contribution is -0.895. The molecule has 4 N–H and O–H groups in total. The van der Waals surface area contributed by atoms with Gasteiger partial charge in [-0.05, 0) is 18.2 Å². The number of carbonyl (C=O) groups excluding carboxylic acids is 1. The number of pyridine rings is 1. The molecule has 0 spiro atoms. The van der Waals surface area contributed by atoms with Gasteiger partial charge < -0.3 is 16.0 Å². The minimum Gasteiger partial charge on any atom is -0.397 e. The highest BCUT2D eigenvalue weighted by atomic mass is 35.5. The first-order valence-corrected chi connectivity index (χ1v) is 9.78. The highest BCUT2D eigenvalue weighted by Gasteiger charge is 2.23. The molecular weight excluding hydrogens is 391 g/mol. The third-order valence-electron chi connectivity index (χ3n) is 4.58. The highest BCUT2D eigenvalue weighted by Crippen LogP contribution is 2.36. The van der Waals surface area contributed by atoms with E-state index >= 15 is 0 Å². The lowest BCUT2D eigenvalue weighted by Gasteiger charge is -2.21. The molecular formula is C18H17Cl2N4OS+. The first-order chi connectivity index (χ1) is 12.4. The van der Waals surface area contributed by atoms with Gasteiger partial charge in [-0.1, -0.05) is 29.3 Å². The maximum Gasteiger partial charge on any atom is 0.268 e. The summed E-state index contributed by atoms with van der Waals surface area (Å²) in [6.45, 7) is 1.98. The van der Waals surface area contributed by atoms with E-state index in [-0.39, 0.29) is 5.91 Å². The maximum absolute atomic E-state index is 12.8. The number of nitrogen functional groups attached to an aromatic ring is 1. The van der Waals surface area contributed by atoms with E-state index in [2.05, 4.69) is 18.4 Å². The number of nitrogens with two attached hydrogens (primary N) is 1. The molecule has 5 nitrogen and oxygen atoms in total. The molecule has 1 unspecified atom stereocenters. The van der Waals surface area contributed by atoms with Crippen LogP contribution in [0, 0.1) is 0 Å². The first kappa shape index (κ1) is 17.5.